The summed E-state index contributed by atoms with van der Waals surface area (Å²) in [6.45, 7) is 6.02. The van der Waals surface area contributed by atoms with Gasteiger partial charge in [-0.25, -0.2) is 0 Å². The second kappa shape index (κ2) is 12.1. The van der Waals surface area contributed by atoms with Crippen molar-refractivity contribution in [1.82, 2.24) is 16.0 Å². The Balaban J connectivity index is 2.84. The molecule has 0 aromatic heterocycles. The highest BCUT2D eigenvalue weighted by Crippen LogP contribution is 2.28. The Labute approximate surface area is 186 Å². The molecule has 10 heteroatoms. The third kappa shape index (κ3) is 8.39. The fourth-order valence-corrected chi connectivity index (χ4v) is 3.88. The highest BCUT2D eigenvalue weighted by atomic mass is 35.5. The number of carbonyl (C=O) groups is 2. The summed E-state index contributed by atoms with van der Waals surface area (Å²) >= 11 is 17.9. The van der Waals surface area contributed by atoms with Crippen LogP contribution in [0.4, 0.5) is 0 Å². The number of halogens is 2. The number of carbonyl (C=O) groups excluding carboxylic acids is 2. The molecule has 0 spiro atoms. The Morgan fingerprint density at radius 3 is 2.57 bits per heavy atom. The van der Waals surface area contributed by atoms with Crippen molar-refractivity contribution in [2.75, 3.05) is 18.2 Å². The predicted molar refractivity (Wildman–Crippen MR) is 122 cm³/mol. The van der Waals surface area contributed by atoms with Crippen LogP contribution in [0.15, 0.2) is 18.2 Å². The lowest BCUT2D eigenvalue weighted by Crippen LogP contribution is -2.57. The molecule has 0 saturated carbocycles. The zero-order chi connectivity index (χ0) is 21.3. The number of nitrogens with one attached hydrogen (secondary N) is 3. The van der Waals surface area contributed by atoms with Crippen LogP contribution >= 0.6 is 47.6 Å². The van der Waals surface area contributed by atoms with Crippen molar-refractivity contribution in [3.05, 3.63) is 33.8 Å². The minimum atomic E-state index is -0.546. The van der Waals surface area contributed by atoms with Crippen molar-refractivity contribution >= 4 is 59.4 Å². The molecule has 0 saturated heterocycles. The molecule has 0 unspecified atom stereocenters. The number of rotatable bonds is 11. The highest BCUT2D eigenvalue weighted by molar-refractivity contribution is 8.00. The minimum Gasteiger partial charge on any atom is -0.351 e. The Morgan fingerprint density at radius 2 is 1.96 bits per heavy atom. The van der Waals surface area contributed by atoms with Crippen molar-refractivity contribution in [2.45, 2.75) is 44.1 Å². The predicted octanol–water partition coefficient (Wildman–Crippen LogP) is 2.43. The molecule has 1 aromatic rings. The summed E-state index contributed by atoms with van der Waals surface area (Å²) in [5.41, 5.74) is 6.67. The van der Waals surface area contributed by atoms with Gasteiger partial charge in [-0.1, -0.05) is 35.3 Å². The topological polar surface area (TPSA) is 96.2 Å². The van der Waals surface area contributed by atoms with Gasteiger partial charge in [-0.2, -0.15) is 12.6 Å². The van der Waals surface area contributed by atoms with Crippen LogP contribution in [0.25, 0.3) is 0 Å². The van der Waals surface area contributed by atoms with Gasteiger partial charge in [0, 0.05) is 36.6 Å². The third-order valence-corrected chi connectivity index (χ3v) is 6.62. The summed E-state index contributed by atoms with van der Waals surface area (Å²) in [4.78, 5) is 24.1. The average Bonchev–Trinajstić information content (AvgIpc) is 2.62. The molecule has 0 radical (unpaired) electrons. The molecule has 0 fully saturated rings. The maximum atomic E-state index is 12.9. The summed E-state index contributed by atoms with van der Waals surface area (Å²) in [6.07, 6.45) is 0. The Morgan fingerprint density at radius 1 is 1.29 bits per heavy atom. The molecule has 1 aromatic carbocycles. The Hall–Kier alpha value is -0.640. The summed E-state index contributed by atoms with van der Waals surface area (Å²) in [7, 11) is 0. The highest BCUT2D eigenvalue weighted by Gasteiger charge is 2.35. The van der Waals surface area contributed by atoms with Crippen molar-refractivity contribution in [3.8, 4) is 0 Å². The molecule has 0 bridgehead atoms. The number of nitrogens with two attached hydrogens (primary N) is 1. The molecule has 5 N–H and O–H groups in total. The van der Waals surface area contributed by atoms with E-state index in [1.165, 1.54) is 18.7 Å². The molecular formula is C18H28Cl2N4O2S2. The van der Waals surface area contributed by atoms with E-state index in [4.69, 9.17) is 28.9 Å². The lowest BCUT2D eigenvalue weighted by molar-refractivity contribution is -0.124. The zero-order valence-electron chi connectivity index (χ0n) is 16.2. The van der Waals surface area contributed by atoms with Crippen molar-refractivity contribution < 1.29 is 9.59 Å². The number of thiol groups is 1. The van der Waals surface area contributed by atoms with Crippen LogP contribution in [-0.4, -0.2) is 46.8 Å². The first-order chi connectivity index (χ1) is 13.1. The number of benzene rings is 1. The number of hydrogen-bond acceptors (Lipinski definition) is 6. The first-order valence-electron chi connectivity index (χ1n) is 8.77. The van der Waals surface area contributed by atoms with Crippen LogP contribution in [0.1, 0.15) is 26.3 Å². The van der Waals surface area contributed by atoms with Crippen molar-refractivity contribution in [2.24, 2.45) is 5.73 Å². The average molecular weight is 467 g/mol. The molecule has 2 atom stereocenters. The summed E-state index contributed by atoms with van der Waals surface area (Å²) < 4.78 is -0.513. The van der Waals surface area contributed by atoms with E-state index < -0.39 is 10.8 Å². The molecule has 0 aliphatic carbocycles. The van der Waals surface area contributed by atoms with E-state index in [0.717, 1.165) is 5.56 Å². The molecule has 2 amide bonds. The normalized spacial score (nSPS) is 13.7. The first kappa shape index (κ1) is 25.4. The van der Waals surface area contributed by atoms with Crippen LogP contribution in [-0.2, 0) is 16.1 Å². The van der Waals surface area contributed by atoms with Gasteiger partial charge in [0.25, 0.3) is 0 Å². The molecular weight excluding hydrogens is 439 g/mol. The summed E-state index contributed by atoms with van der Waals surface area (Å²) in [5, 5.41) is 9.74. The molecule has 6 nitrogen and oxygen atoms in total. The smallest absolute Gasteiger partial charge is 0.238 e. The van der Waals surface area contributed by atoms with Crippen LogP contribution in [0, 0.1) is 0 Å². The largest absolute Gasteiger partial charge is 0.351 e. The SMILES string of the molecule is CC(=O)NCSC(C)(C)[C@H](NC[C@@H](N)CS)C(=O)NCc1cccc(Cl)c1Cl. The van der Waals surface area contributed by atoms with Gasteiger partial charge in [-0.3, -0.25) is 9.59 Å². The minimum absolute atomic E-state index is 0.120. The van der Waals surface area contributed by atoms with Crippen LogP contribution < -0.4 is 21.7 Å². The zero-order valence-corrected chi connectivity index (χ0v) is 19.4. The van der Waals surface area contributed by atoms with Gasteiger partial charge >= 0.3 is 0 Å². The van der Waals surface area contributed by atoms with E-state index in [-0.39, 0.29) is 24.4 Å². The number of hydrogen-bond donors (Lipinski definition) is 5. The van der Waals surface area contributed by atoms with E-state index in [2.05, 4.69) is 28.6 Å². The quantitative estimate of drug-likeness (QED) is 0.255. The summed E-state index contributed by atoms with van der Waals surface area (Å²) in [6, 6.07) is 4.56. The third-order valence-electron chi connectivity index (χ3n) is 4.03. The summed E-state index contributed by atoms with van der Waals surface area (Å²) in [5.74, 6) is 0.582. The van der Waals surface area contributed by atoms with Gasteiger partial charge in [0.1, 0.15) is 6.04 Å². The van der Waals surface area contributed by atoms with Gasteiger partial charge in [-0.15, -0.1) is 11.8 Å². The fourth-order valence-electron chi connectivity index (χ4n) is 2.36. The number of thioether (sulfide) groups is 1. The van der Waals surface area contributed by atoms with Crippen LogP contribution in [0.3, 0.4) is 0 Å². The number of amides is 2. The van der Waals surface area contributed by atoms with Gasteiger partial charge < -0.3 is 21.7 Å². The van der Waals surface area contributed by atoms with E-state index in [0.29, 0.717) is 28.2 Å². The Kier molecular flexibility index (Phi) is 11.0. The first-order valence-corrected chi connectivity index (χ1v) is 11.1. The van der Waals surface area contributed by atoms with E-state index >= 15 is 0 Å². The monoisotopic (exact) mass is 466 g/mol. The molecule has 158 valence electrons. The van der Waals surface area contributed by atoms with E-state index in [9.17, 15) is 9.59 Å². The maximum Gasteiger partial charge on any atom is 0.238 e. The van der Waals surface area contributed by atoms with Gasteiger partial charge in [-0.05, 0) is 25.5 Å². The van der Waals surface area contributed by atoms with Gasteiger partial charge in [0.2, 0.25) is 11.8 Å². The van der Waals surface area contributed by atoms with Gasteiger partial charge in [0.15, 0.2) is 0 Å². The lowest BCUT2D eigenvalue weighted by atomic mass is 10.0. The van der Waals surface area contributed by atoms with Gasteiger partial charge in [0.05, 0.1) is 15.9 Å². The van der Waals surface area contributed by atoms with Crippen molar-refractivity contribution in [3.63, 3.8) is 0 Å². The second-order valence-electron chi connectivity index (χ2n) is 6.84. The van der Waals surface area contributed by atoms with Crippen LogP contribution in [0.2, 0.25) is 10.0 Å². The molecule has 28 heavy (non-hydrogen) atoms. The van der Waals surface area contributed by atoms with E-state index in [1.807, 2.05) is 19.9 Å². The van der Waals surface area contributed by atoms with Crippen molar-refractivity contribution in [1.29, 1.82) is 0 Å². The Bertz CT molecular complexity index is 677. The lowest BCUT2D eigenvalue weighted by Gasteiger charge is -2.34. The fraction of sp³-hybridized carbons (Fsp3) is 0.556. The molecule has 1 rings (SSSR count). The standard InChI is InChI=1S/C18H28Cl2N4O2S2/c1-11(25)24-10-28-18(2,3)16(22-8-13(21)9-27)17(26)23-7-12-5-4-6-14(19)15(12)20/h4-6,13,16,22,27H,7-10,21H2,1-3H3,(H,23,26)(H,24,25)/t13-,16-/m1/s1. The van der Waals surface area contributed by atoms with E-state index in [1.54, 1.807) is 12.1 Å². The molecule has 0 heterocycles. The maximum absolute atomic E-state index is 12.9. The molecule has 0 aliphatic heterocycles. The molecule has 0 aliphatic rings. The second-order valence-corrected chi connectivity index (χ2v) is 9.62. The van der Waals surface area contributed by atoms with Crippen LogP contribution in [0.5, 0.6) is 0 Å².